The Labute approximate surface area is 341 Å². The second kappa shape index (κ2) is 13.7. The van der Waals surface area contributed by atoms with E-state index in [0.717, 1.165) is 44.5 Å². The van der Waals surface area contributed by atoms with E-state index in [0.29, 0.717) is 23.0 Å². The highest BCUT2D eigenvalue weighted by atomic mass is 32.2. The van der Waals surface area contributed by atoms with Gasteiger partial charge < -0.3 is 0 Å². The number of hydrogen-bond donors (Lipinski definition) is 0. The highest BCUT2D eigenvalue weighted by Crippen LogP contribution is 2.64. The second-order valence-corrected chi connectivity index (χ2v) is 15.7. The molecule has 1 spiro atoms. The summed E-state index contributed by atoms with van der Waals surface area (Å²) in [5, 5.41) is 9.37. The summed E-state index contributed by atoms with van der Waals surface area (Å²) < 4.78 is 0. The number of nitrogens with zero attached hydrogens (tertiary/aromatic N) is 4. The second-order valence-electron chi connectivity index (χ2n) is 14.6. The maximum absolute atomic E-state index is 9.37. The lowest BCUT2D eigenvalue weighted by atomic mass is 9.67. The fourth-order valence-corrected chi connectivity index (χ4v) is 10.1. The van der Waals surface area contributed by atoms with Crippen molar-refractivity contribution in [2.75, 3.05) is 0 Å². The molecule has 0 saturated heterocycles. The molecule has 0 atom stereocenters. The van der Waals surface area contributed by atoms with E-state index in [1.807, 2.05) is 72.4 Å². The minimum atomic E-state index is -0.588. The normalized spacial score (nSPS) is 12.9. The van der Waals surface area contributed by atoms with Gasteiger partial charge in [-0.2, -0.15) is 5.26 Å². The van der Waals surface area contributed by atoms with Crippen LogP contribution in [0.2, 0.25) is 0 Å². The lowest BCUT2D eigenvalue weighted by Crippen LogP contribution is -2.31. The summed E-state index contributed by atoms with van der Waals surface area (Å²) >= 11 is 1.84. The van der Waals surface area contributed by atoms with Gasteiger partial charge in [-0.25, -0.2) is 15.0 Å². The smallest absolute Gasteiger partial charge is 0.164 e. The Balaban J connectivity index is 1.21. The lowest BCUT2D eigenvalue weighted by Gasteiger charge is -2.39. The summed E-state index contributed by atoms with van der Waals surface area (Å²) in [5.74, 6) is 1.89. The Kier molecular flexibility index (Phi) is 7.99. The molecule has 8 aromatic carbocycles. The first-order chi connectivity index (χ1) is 28.7. The molecule has 1 aliphatic heterocycles. The standard InChI is InChI=1S/C53H32N4S/c54-33-34-25-27-35(28-26-34)36-29-31-37(32-30-36)40-17-11-21-44-48(40)49-41(52-56-50(38-13-3-1-4-14-38)55-51(57-52)39-15-5-2-6-16-39)18-12-22-45(49)53(44)42-19-7-9-23-46(42)58-47-24-10-8-20-43(47)53/h1-32H. The molecule has 0 fully saturated rings. The Morgan fingerprint density at radius 2 is 0.793 bits per heavy atom. The van der Waals surface area contributed by atoms with Crippen LogP contribution in [0.15, 0.2) is 204 Å². The Bertz CT molecular complexity index is 2980. The molecule has 1 aromatic heterocycles. The van der Waals surface area contributed by atoms with Gasteiger partial charge in [0.1, 0.15) is 0 Å². The van der Waals surface area contributed by atoms with E-state index in [4.69, 9.17) is 15.0 Å². The Morgan fingerprint density at radius 3 is 1.34 bits per heavy atom. The van der Waals surface area contributed by atoms with Crippen LogP contribution in [0.1, 0.15) is 27.8 Å². The third-order valence-corrected chi connectivity index (χ3v) is 12.6. The van der Waals surface area contributed by atoms with Crippen LogP contribution in [0.25, 0.3) is 67.5 Å². The highest BCUT2D eigenvalue weighted by Gasteiger charge is 2.51. The van der Waals surface area contributed by atoms with Crippen LogP contribution in [0.5, 0.6) is 0 Å². The molecule has 2 aliphatic rings. The topological polar surface area (TPSA) is 62.5 Å². The monoisotopic (exact) mass is 756 g/mol. The van der Waals surface area contributed by atoms with Gasteiger partial charge in [-0.1, -0.05) is 182 Å². The van der Waals surface area contributed by atoms with Crippen LogP contribution in [0, 0.1) is 11.3 Å². The molecule has 0 unspecified atom stereocenters. The first kappa shape index (κ1) is 33.9. The van der Waals surface area contributed by atoms with E-state index in [2.05, 4.69) is 140 Å². The fourth-order valence-electron chi connectivity index (χ4n) is 8.92. The summed E-state index contributed by atoms with van der Waals surface area (Å²) in [4.78, 5) is 18.1. The highest BCUT2D eigenvalue weighted by molar-refractivity contribution is 7.99. The van der Waals surface area contributed by atoms with Crippen LogP contribution in [-0.4, -0.2) is 15.0 Å². The van der Waals surface area contributed by atoms with Gasteiger partial charge in [0.05, 0.1) is 17.0 Å². The van der Waals surface area contributed by atoms with Gasteiger partial charge >= 0.3 is 0 Å². The maximum Gasteiger partial charge on any atom is 0.164 e. The predicted molar refractivity (Wildman–Crippen MR) is 233 cm³/mol. The molecule has 4 nitrogen and oxygen atoms in total. The van der Waals surface area contributed by atoms with E-state index >= 15 is 0 Å². The molecule has 270 valence electrons. The summed E-state index contributed by atoms with van der Waals surface area (Å²) in [5.41, 5.74) is 14.6. The van der Waals surface area contributed by atoms with Crippen LogP contribution >= 0.6 is 11.8 Å². The molecule has 0 saturated carbocycles. The number of fused-ring (bicyclic) bond motifs is 9. The third-order valence-electron chi connectivity index (χ3n) is 11.5. The number of rotatable bonds is 5. The van der Waals surface area contributed by atoms with E-state index in [1.54, 1.807) is 0 Å². The maximum atomic E-state index is 9.37. The van der Waals surface area contributed by atoms with Gasteiger partial charge in [0.2, 0.25) is 0 Å². The molecule has 0 bridgehead atoms. The van der Waals surface area contributed by atoms with Gasteiger partial charge in [0, 0.05) is 26.5 Å². The van der Waals surface area contributed by atoms with Crippen LogP contribution in [-0.2, 0) is 5.41 Å². The lowest BCUT2D eigenvalue weighted by molar-refractivity contribution is 0.722. The van der Waals surface area contributed by atoms with Crippen molar-refractivity contribution in [2.24, 2.45) is 0 Å². The number of benzene rings is 8. The zero-order chi connectivity index (χ0) is 38.6. The van der Waals surface area contributed by atoms with Gasteiger partial charge in [-0.3, -0.25) is 0 Å². The van der Waals surface area contributed by atoms with E-state index in [-0.39, 0.29) is 0 Å². The van der Waals surface area contributed by atoms with E-state index < -0.39 is 5.41 Å². The molecule has 58 heavy (non-hydrogen) atoms. The SMILES string of the molecule is N#Cc1ccc(-c2ccc(-c3cccc4c3-c3c(-c5nc(-c6ccccc6)nc(-c6ccccc6)n5)cccc3C43c4ccccc4Sc4ccccc43)cc2)cc1. The largest absolute Gasteiger partial charge is 0.208 e. The average molecular weight is 757 g/mol. The summed E-state index contributed by atoms with van der Waals surface area (Å²) in [6.07, 6.45) is 0. The van der Waals surface area contributed by atoms with Gasteiger partial charge in [0.25, 0.3) is 0 Å². The predicted octanol–water partition coefficient (Wildman–Crippen LogP) is 12.9. The summed E-state index contributed by atoms with van der Waals surface area (Å²) in [7, 11) is 0. The first-order valence-electron chi connectivity index (χ1n) is 19.3. The fraction of sp³-hybridized carbons (Fsp3) is 0.0189. The molecular formula is C53H32N4S. The molecule has 0 radical (unpaired) electrons. The van der Waals surface area contributed by atoms with Gasteiger partial charge in [0.15, 0.2) is 17.5 Å². The van der Waals surface area contributed by atoms with Crippen molar-refractivity contribution in [1.82, 2.24) is 15.0 Å². The average Bonchev–Trinajstić information content (AvgIpc) is 3.60. The Morgan fingerprint density at radius 1 is 0.362 bits per heavy atom. The van der Waals surface area contributed by atoms with Crippen LogP contribution < -0.4 is 0 Å². The van der Waals surface area contributed by atoms with Crippen molar-refractivity contribution >= 4 is 11.8 Å². The molecule has 0 amide bonds. The van der Waals surface area contributed by atoms with Gasteiger partial charge in [-0.05, 0) is 79.9 Å². The minimum absolute atomic E-state index is 0.588. The molecule has 9 aromatic rings. The molecule has 0 N–H and O–H groups in total. The Hall–Kier alpha value is -7.39. The molecule has 1 aliphatic carbocycles. The number of nitriles is 1. The van der Waals surface area contributed by atoms with Crippen molar-refractivity contribution in [1.29, 1.82) is 5.26 Å². The van der Waals surface area contributed by atoms with Crippen LogP contribution in [0.4, 0.5) is 0 Å². The molecule has 11 rings (SSSR count). The van der Waals surface area contributed by atoms with Crippen LogP contribution in [0.3, 0.4) is 0 Å². The first-order valence-corrected chi connectivity index (χ1v) is 20.1. The molecule has 5 heteroatoms. The molecular weight excluding hydrogens is 725 g/mol. The van der Waals surface area contributed by atoms with Crippen molar-refractivity contribution in [3.8, 4) is 73.6 Å². The third kappa shape index (κ3) is 5.27. The van der Waals surface area contributed by atoms with Crippen molar-refractivity contribution in [3.05, 3.63) is 222 Å². The van der Waals surface area contributed by atoms with E-state index in [9.17, 15) is 5.26 Å². The van der Waals surface area contributed by atoms with Gasteiger partial charge in [-0.15, -0.1) is 0 Å². The van der Waals surface area contributed by atoms with E-state index in [1.165, 1.54) is 37.6 Å². The zero-order valence-corrected chi connectivity index (χ0v) is 32.0. The summed E-state index contributed by atoms with van der Waals surface area (Å²) in [6.45, 7) is 0. The van der Waals surface area contributed by atoms with Crippen molar-refractivity contribution in [2.45, 2.75) is 15.2 Å². The summed E-state index contributed by atoms with van der Waals surface area (Å²) in [6, 6.07) is 70.4. The van der Waals surface area contributed by atoms with Crippen molar-refractivity contribution < 1.29 is 0 Å². The number of hydrogen-bond acceptors (Lipinski definition) is 5. The molecule has 2 heterocycles. The quantitative estimate of drug-likeness (QED) is 0.175. The zero-order valence-electron chi connectivity index (χ0n) is 31.2. The van der Waals surface area contributed by atoms with Crippen molar-refractivity contribution in [3.63, 3.8) is 0 Å². The number of aromatic nitrogens is 3. The minimum Gasteiger partial charge on any atom is -0.208 e.